The van der Waals surface area contributed by atoms with Crippen molar-refractivity contribution in [2.75, 3.05) is 17.1 Å². The van der Waals surface area contributed by atoms with Gasteiger partial charge in [-0.1, -0.05) is 55.0 Å². The number of hydrogen-bond acceptors (Lipinski definition) is 4. The van der Waals surface area contributed by atoms with E-state index in [0.717, 1.165) is 21.7 Å². The molecule has 2 rings (SSSR count). The topological polar surface area (TPSA) is 86.8 Å². The van der Waals surface area contributed by atoms with E-state index in [4.69, 9.17) is 0 Å². The highest BCUT2D eigenvalue weighted by molar-refractivity contribution is 7.92. The predicted octanol–water partition coefficient (Wildman–Crippen LogP) is 3.48. The molecular formula is C25H35N3O4S. The molecule has 33 heavy (non-hydrogen) atoms. The van der Waals surface area contributed by atoms with Crippen LogP contribution < -0.4 is 9.62 Å². The molecule has 0 aliphatic heterocycles. The van der Waals surface area contributed by atoms with Crippen molar-refractivity contribution in [3.8, 4) is 0 Å². The Bertz CT molecular complexity index is 1050. The van der Waals surface area contributed by atoms with Crippen LogP contribution in [0.5, 0.6) is 0 Å². The molecule has 1 N–H and O–H groups in total. The van der Waals surface area contributed by atoms with E-state index in [9.17, 15) is 18.0 Å². The van der Waals surface area contributed by atoms with Crippen molar-refractivity contribution in [2.45, 2.75) is 59.2 Å². The van der Waals surface area contributed by atoms with Crippen LogP contribution in [-0.2, 0) is 26.2 Å². The third-order valence-electron chi connectivity index (χ3n) is 5.08. The Morgan fingerprint density at radius 2 is 1.58 bits per heavy atom. The van der Waals surface area contributed by atoms with Crippen molar-refractivity contribution in [2.24, 2.45) is 0 Å². The van der Waals surface area contributed by atoms with Gasteiger partial charge in [0, 0.05) is 12.1 Å². The number of carbonyl (C=O) groups excluding carboxylic acids is 2. The van der Waals surface area contributed by atoms with Crippen LogP contribution in [0.4, 0.5) is 5.69 Å². The zero-order chi connectivity index (χ0) is 24.8. The van der Waals surface area contributed by atoms with Gasteiger partial charge < -0.3 is 10.2 Å². The lowest BCUT2D eigenvalue weighted by Crippen LogP contribution is -2.55. The Hall–Kier alpha value is -2.87. The lowest BCUT2D eigenvalue weighted by molar-refractivity contribution is -0.141. The third-order valence-corrected chi connectivity index (χ3v) is 6.22. The van der Waals surface area contributed by atoms with Gasteiger partial charge in [0.25, 0.3) is 0 Å². The Morgan fingerprint density at radius 1 is 1.00 bits per heavy atom. The van der Waals surface area contributed by atoms with Gasteiger partial charge in [0.2, 0.25) is 21.8 Å². The molecule has 0 unspecified atom stereocenters. The van der Waals surface area contributed by atoms with Crippen LogP contribution in [0.1, 0.15) is 45.2 Å². The highest BCUT2D eigenvalue weighted by Gasteiger charge is 2.32. The highest BCUT2D eigenvalue weighted by atomic mass is 32.2. The lowest BCUT2D eigenvalue weighted by Gasteiger charge is -2.34. The van der Waals surface area contributed by atoms with Crippen LogP contribution in [0.25, 0.3) is 0 Å². The van der Waals surface area contributed by atoms with Crippen LogP contribution >= 0.6 is 0 Å². The van der Waals surface area contributed by atoms with Gasteiger partial charge in [0.05, 0.1) is 11.9 Å². The maximum absolute atomic E-state index is 13.6. The number of aryl methyl sites for hydroxylation is 1. The van der Waals surface area contributed by atoms with Crippen molar-refractivity contribution in [1.29, 1.82) is 0 Å². The molecule has 0 spiro atoms. The summed E-state index contributed by atoms with van der Waals surface area (Å²) in [7, 11) is -3.72. The number of nitrogens with zero attached hydrogens (tertiary/aromatic N) is 2. The number of nitrogens with one attached hydrogen (secondary N) is 1. The second-order valence-corrected chi connectivity index (χ2v) is 11.2. The summed E-state index contributed by atoms with van der Waals surface area (Å²) < 4.78 is 26.1. The second-order valence-electron chi connectivity index (χ2n) is 9.28. The van der Waals surface area contributed by atoms with Gasteiger partial charge in [-0.25, -0.2) is 8.42 Å². The Morgan fingerprint density at radius 3 is 2.06 bits per heavy atom. The summed E-state index contributed by atoms with van der Waals surface area (Å²) in [5.74, 6) is -0.711. The SMILES string of the molecule is CC[C@@H](C(=O)NC(C)(C)C)N(Cc1ccc(C)cc1)C(=O)CN(c1ccccc1)S(C)(=O)=O. The minimum atomic E-state index is -3.72. The molecular weight excluding hydrogens is 438 g/mol. The summed E-state index contributed by atoms with van der Waals surface area (Å²) >= 11 is 0. The van der Waals surface area contributed by atoms with Gasteiger partial charge in [-0.15, -0.1) is 0 Å². The summed E-state index contributed by atoms with van der Waals surface area (Å²) in [4.78, 5) is 28.1. The van der Waals surface area contributed by atoms with Crippen LogP contribution in [0.15, 0.2) is 54.6 Å². The number of anilines is 1. The number of benzene rings is 2. The quantitative estimate of drug-likeness (QED) is 0.604. The Labute approximate surface area is 197 Å². The summed E-state index contributed by atoms with van der Waals surface area (Å²) in [6, 6.07) is 15.5. The third kappa shape index (κ3) is 7.89. The van der Waals surface area contributed by atoms with E-state index in [0.29, 0.717) is 12.1 Å². The molecule has 2 aromatic rings. The van der Waals surface area contributed by atoms with Crippen LogP contribution in [-0.4, -0.2) is 49.5 Å². The van der Waals surface area contributed by atoms with E-state index in [2.05, 4.69) is 5.32 Å². The number of hydrogen-bond donors (Lipinski definition) is 1. The van der Waals surface area contributed by atoms with E-state index in [1.54, 1.807) is 30.3 Å². The molecule has 0 saturated heterocycles. The van der Waals surface area contributed by atoms with Crippen molar-refractivity contribution in [1.82, 2.24) is 10.2 Å². The number of carbonyl (C=O) groups is 2. The van der Waals surface area contributed by atoms with E-state index in [1.807, 2.05) is 58.9 Å². The summed E-state index contributed by atoms with van der Waals surface area (Å²) in [5.41, 5.74) is 1.88. The molecule has 0 bridgehead atoms. The first kappa shape index (κ1) is 26.4. The zero-order valence-electron chi connectivity index (χ0n) is 20.3. The largest absolute Gasteiger partial charge is 0.350 e. The molecule has 8 heteroatoms. The maximum Gasteiger partial charge on any atom is 0.244 e. The lowest BCUT2D eigenvalue weighted by atomic mass is 10.1. The highest BCUT2D eigenvalue weighted by Crippen LogP contribution is 2.20. The van der Waals surface area contributed by atoms with Crippen LogP contribution in [0.3, 0.4) is 0 Å². The molecule has 1 atom stereocenters. The first-order valence-corrected chi connectivity index (χ1v) is 12.9. The molecule has 2 amide bonds. The van der Waals surface area contributed by atoms with Gasteiger partial charge in [-0.05, 0) is 51.8 Å². The van der Waals surface area contributed by atoms with Crippen molar-refractivity contribution >= 4 is 27.5 Å². The number of amides is 2. The molecule has 0 fully saturated rings. The second kappa shape index (κ2) is 10.8. The molecule has 2 aromatic carbocycles. The predicted molar refractivity (Wildman–Crippen MR) is 132 cm³/mol. The van der Waals surface area contributed by atoms with Crippen LogP contribution in [0, 0.1) is 6.92 Å². The maximum atomic E-state index is 13.6. The zero-order valence-corrected chi connectivity index (χ0v) is 21.1. The van der Waals surface area contributed by atoms with Crippen molar-refractivity contribution in [3.05, 3.63) is 65.7 Å². The molecule has 0 heterocycles. The van der Waals surface area contributed by atoms with E-state index in [-0.39, 0.29) is 12.5 Å². The standard InChI is InChI=1S/C25H35N3O4S/c1-7-22(24(30)26-25(3,4)5)27(17-20-15-13-19(2)14-16-20)23(29)18-28(33(6,31)32)21-11-9-8-10-12-21/h8-16,22H,7,17-18H2,1-6H3,(H,26,30)/t22-/m0/s1. The average Bonchev–Trinajstić information content (AvgIpc) is 2.71. The smallest absolute Gasteiger partial charge is 0.244 e. The van der Waals surface area contributed by atoms with E-state index < -0.39 is 34.1 Å². The van der Waals surface area contributed by atoms with Crippen molar-refractivity contribution < 1.29 is 18.0 Å². The molecule has 0 radical (unpaired) electrons. The van der Waals surface area contributed by atoms with Gasteiger partial charge in [0.15, 0.2) is 0 Å². The minimum Gasteiger partial charge on any atom is -0.350 e. The minimum absolute atomic E-state index is 0.196. The van der Waals surface area contributed by atoms with Gasteiger partial charge in [0.1, 0.15) is 12.6 Å². The number of rotatable bonds is 9. The first-order chi connectivity index (χ1) is 15.3. The fraction of sp³-hybridized carbons (Fsp3) is 0.440. The average molecular weight is 474 g/mol. The van der Waals surface area contributed by atoms with Crippen LogP contribution in [0.2, 0.25) is 0 Å². The summed E-state index contributed by atoms with van der Waals surface area (Å²) in [5, 5.41) is 2.95. The molecule has 0 aromatic heterocycles. The summed E-state index contributed by atoms with van der Waals surface area (Å²) in [6.45, 7) is 9.26. The number of sulfonamides is 1. The molecule has 7 nitrogen and oxygen atoms in total. The first-order valence-electron chi connectivity index (χ1n) is 11.0. The fourth-order valence-electron chi connectivity index (χ4n) is 3.47. The molecule has 180 valence electrons. The molecule has 0 aliphatic rings. The Balaban J connectivity index is 2.42. The monoisotopic (exact) mass is 473 g/mol. The summed E-state index contributed by atoms with van der Waals surface area (Å²) in [6.07, 6.45) is 1.46. The Kier molecular flexibility index (Phi) is 8.66. The van der Waals surface area contributed by atoms with Gasteiger partial charge in [-0.2, -0.15) is 0 Å². The van der Waals surface area contributed by atoms with Gasteiger partial charge in [-0.3, -0.25) is 13.9 Å². The van der Waals surface area contributed by atoms with E-state index in [1.165, 1.54) is 4.90 Å². The molecule has 0 aliphatic carbocycles. The van der Waals surface area contributed by atoms with Crippen molar-refractivity contribution in [3.63, 3.8) is 0 Å². The normalized spacial score (nSPS) is 12.7. The van der Waals surface area contributed by atoms with E-state index >= 15 is 0 Å². The fourth-order valence-corrected chi connectivity index (χ4v) is 4.32. The van der Waals surface area contributed by atoms with Gasteiger partial charge >= 0.3 is 0 Å². The number of para-hydroxylation sites is 1. The molecule has 0 saturated carbocycles.